The van der Waals surface area contributed by atoms with Crippen LogP contribution in [-0.2, 0) is 14.4 Å². The number of carbonyl (C=O) groups is 3. The highest BCUT2D eigenvalue weighted by Gasteiger charge is 2.25. The Labute approximate surface area is 131 Å². The number of hydrogen-bond donors (Lipinski definition) is 3. The maximum atomic E-state index is 11.4. The number of rotatable bonds is 10. The Morgan fingerprint density at radius 1 is 0.955 bits per heavy atom. The minimum atomic E-state index is -0.931. The summed E-state index contributed by atoms with van der Waals surface area (Å²) < 4.78 is 0.197. The number of aliphatic carboxylic acids is 1. The van der Waals surface area contributed by atoms with Gasteiger partial charge in [-0.1, -0.05) is 13.2 Å². The highest BCUT2D eigenvalue weighted by atomic mass is 16.4. The molecule has 0 aromatic heterocycles. The molecule has 22 heavy (non-hydrogen) atoms. The lowest BCUT2D eigenvalue weighted by atomic mass is 10.3. The monoisotopic (exact) mass is 312 g/mol. The number of likely N-dealkylation sites (N-methyl/N-ethyl adjacent to an activating group) is 1. The molecule has 0 rings (SSSR count). The minimum Gasteiger partial charge on any atom is -0.477 e. The second-order valence-corrected chi connectivity index (χ2v) is 5.69. The maximum absolute atomic E-state index is 11.4. The Kier molecular flexibility index (Phi) is 8.11. The van der Waals surface area contributed by atoms with Gasteiger partial charge < -0.3 is 20.2 Å². The Balaban J connectivity index is 4.48. The number of amides is 2. The summed E-state index contributed by atoms with van der Waals surface area (Å²) in [6.07, 6.45) is 0. The van der Waals surface area contributed by atoms with Crippen molar-refractivity contribution in [2.75, 3.05) is 39.8 Å². The zero-order valence-corrected chi connectivity index (χ0v) is 13.6. The molecular weight excluding hydrogens is 286 g/mol. The first-order chi connectivity index (χ1) is 10.1. The number of nitrogens with one attached hydrogen (secondary N) is 2. The van der Waals surface area contributed by atoms with E-state index in [0.717, 1.165) is 0 Å². The van der Waals surface area contributed by atoms with Gasteiger partial charge in [-0.15, -0.1) is 0 Å². The minimum absolute atomic E-state index is 0.0914. The molecule has 0 bridgehead atoms. The molecule has 0 aromatic carbocycles. The Bertz CT molecular complexity index is 439. The second kappa shape index (κ2) is 8.99. The molecule has 0 spiro atoms. The SMILES string of the molecule is C=C(C)C(=O)NCC[N+](C)(CCNC(=O)C(=C)C)CC(=O)O. The molecule has 0 fully saturated rings. The van der Waals surface area contributed by atoms with E-state index in [0.29, 0.717) is 37.3 Å². The third-order valence-electron chi connectivity index (χ3n) is 3.17. The fourth-order valence-corrected chi connectivity index (χ4v) is 1.78. The first-order valence-electron chi connectivity index (χ1n) is 7.00. The topological polar surface area (TPSA) is 95.5 Å². The largest absolute Gasteiger partial charge is 0.477 e. The van der Waals surface area contributed by atoms with Crippen molar-refractivity contribution in [1.82, 2.24) is 10.6 Å². The molecular formula is C15H26N3O4+. The van der Waals surface area contributed by atoms with Crippen LogP contribution in [0.5, 0.6) is 0 Å². The summed E-state index contributed by atoms with van der Waals surface area (Å²) in [6.45, 7) is 11.7. The third-order valence-corrected chi connectivity index (χ3v) is 3.17. The second-order valence-electron chi connectivity index (χ2n) is 5.69. The summed E-state index contributed by atoms with van der Waals surface area (Å²) in [4.78, 5) is 33.9. The highest BCUT2D eigenvalue weighted by molar-refractivity contribution is 5.92. The highest BCUT2D eigenvalue weighted by Crippen LogP contribution is 2.01. The fraction of sp³-hybridized carbons (Fsp3) is 0.533. The van der Waals surface area contributed by atoms with Crippen molar-refractivity contribution >= 4 is 17.8 Å². The van der Waals surface area contributed by atoms with Crippen LogP contribution in [0, 0.1) is 0 Å². The molecule has 2 amide bonds. The number of carboxylic acids is 1. The van der Waals surface area contributed by atoms with Crippen molar-refractivity contribution in [3.05, 3.63) is 24.3 Å². The van der Waals surface area contributed by atoms with Gasteiger partial charge in [-0.3, -0.25) is 9.59 Å². The van der Waals surface area contributed by atoms with Gasteiger partial charge in [-0.2, -0.15) is 0 Å². The molecule has 3 N–H and O–H groups in total. The average molecular weight is 312 g/mol. The van der Waals surface area contributed by atoms with E-state index in [9.17, 15) is 14.4 Å². The van der Waals surface area contributed by atoms with Crippen LogP contribution >= 0.6 is 0 Å². The quantitative estimate of drug-likeness (QED) is 0.388. The average Bonchev–Trinajstić information content (AvgIpc) is 2.36. The van der Waals surface area contributed by atoms with E-state index in [-0.39, 0.29) is 22.8 Å². The van der Waals surface area contributed by atoms with Gasteiger partial charge in [0.15, 0.2) is 6.54 Å². The van der Waals surface area contributed by atoms with Crippen molar-refractivity contribution < 1.29 is 24.0 Å². The molecule has 0 radical (unpaired) electrons. The van der Waals surface area contributed by atoms with E-state index < -0.39 is 5.97 Å². The Morgan fingerprint density at radius 3 is 1.59 bits per heavy atom. The number of nitrogens with zero attached hydrogens (tertiary/aromatic N) is 1. The van der Waals surface area contributed by atoms with Crippen molar-refractivity contribution in [3.8, 4) is 0 Å². The molecule has 0 aliphatic rings. The van der Waals surface area contributed by atoms with E-state index in [2.05, 4.69) is 23.8 Å². The van der Waals surface area contributed by atoms with Crippen LogP contribution in [-0.4, -0.2) is 67.1 Å². The van der Waals surface area contributed by atoms with Crippen molar-refractivity contribution in [2.45, 2.75) is 13.8 Å². The van der Waals surface area contributed by atoms with E-state index in [1.54, 1.807) is 20.9 Å². The van der Waals surface area contributed by atoms with Gasteiger partial charge in [0.25, 0.3) is 0 Å². The summed E-state index contributed by atoms with van der Waals surface area (Å²) >= 11 is 0. The number of carbonyl (C=O) groups excluding carboxylic acids is 2. The van der Waals surface area contributed by atoms with E-state index >= 15 is 0 Å². The van der Waals surface area contributed by atoms with E-state index in [4.69, 9.17) is 5.11 Å². The molecule has 7 heteroatoms. The summed E-state index contributed by atoms with van der Waals surface area (Å²) in [5, 5.41) is 14.4. The first kappa shape index (κ1) is 19.9. The smallest absolute Gasteiger partial charge is 0.359 e. The molecule has 0 heterocycles. The number of carboxylic acid groups (broad SMARTS) is 1. The van der Waals surface area contributed by atoms with Gasteiger partial charge in [0.2, 0.25) is 11.8 Å². The van der Waals surface area contributed by atoms with E-state index in [1.165, 1.54) is 0 Å². The van der Waals surface area contributed by atoms with Gasteiger partial charge in [-0.25, -0.2) is 4.79 Å². The fourth-order valence-electron chi connectivity index (χ4n) is 1.78. The summed E-state index contributed by atoms with van der Waals surface area (Å²) in [5.74, 6) is -1.44. The standard InChI is InChI=1S/C15H25N3O4/c1-11(2)14(21)16-6-8-18(5,10-13(19)20)9-7-17-15(22)12(3)4/h1,3,6-10H2,2,4-5H3,(H2-,16,17,19,20,21,22)/p+1. The van der Waals surface area contributed by atoms with Crippen LogP contribution < -0.4 is 10.6 Å². The molecule has 124 valence electrons. The van der Waals surface area contributed by atoms with Gasteiger partial charge in [-0.05, 0) is 13.8 Å². The zero-order valence-electron chi connectivity index (χ0n) is 13.6. The lowest BCUT2D eigenvalue weighted by molar-refractivity contribution is -0.900. The molecule has 7 nitrogen and oxygen atoms in total. The van der Waals surface area contributed by atoms with Gasteiger partial charge >= 0.3 is 5.97 Å². The first-order valence-corrected chi connectivity index (χ1v) is 7.00. The Hall–Kier alpha value is -2.15. The number of quaternary nitrogens is 1. The van der Waals surface area contributed by atoms with Crippen molar-refractivity contribution in [1.29, 1.82) is 0 Å². The Morgan fingerprint density at radius 2 is 1.32 bits per heavy atom. The molecule has 0 aromatic rings. The molecule has 0 aliphatic heterocycles. The van der Waals surface area contributed by atoms with Crippen LogP contribution in [0.3, 0.4) is 0 Å². The summed E-state index contributed by atoms with van der Waals surface area (Å²) in [6, 6.07) is 0. The summed E-state index contributed by atoms with van der Waals surface area (Å²) in [7, 11) is 1.77. The normalized spacial score (nSPS) is 10.7. The van der Waals surface area contributed by atoms with Gasteiger partial charge in [0.05, 0.1) is 33.2 Å². The molecule has 0 aliphatic carbocycles. The van der Waals surface area contributed by atoms with Crippen molar-refractivity contribution in [2.24, 2.45) is 0 Å². The number of hydrogen-bond acceptors (Lipinski definition) is 3. The van der Waals surface area contributed by atoms with Gasteiger partial charge in [0, 0.05) is 11.1 Å². The molecule has 0 atom stereocenters. The third kappa shape index (κ3) is 8.21. The van der Waals surface area contributed by atoms with Crippen LogP contribution in [0.1, 0.15) is 13.8 Å². The predicted octanol–water partition coefficient (Wildman–Crippen LogP) is -0.0978. The maximum Gasteiger partial charge on any atom is 0.359 e. The lowest BCUT2D eigenvalue weighted by Gasteiger charge is -2.33. The van der Waals surface area contributed by atoms with Gasteiger partial charge in [0.1, 0.15) is 0 Å². The van der Waals surface area contributed by atoms with E-state index in [1.807, 2.05) is 0 Å². The summed E-state index contributed by atoms with van der Waals surface area (Å²) in [5.41, 5.74) is 0.808. The zero-order chi connectivity index (χ0) is 17.3. The van der Waals surface area contributed by atoms with Crippen molar-refractivity contribution in [3.63, 3.8) is 0 Å². The van der Waals surface area contributed by atoms with Crippen LogP contribution in [0.2, 0.25) is 0 Å². The lowest BCUT2D eigenvalue weighted by Crippen LogP contribution is -2.54. The molecule has 0 saturated carbocycles. The molecule has 0 unspecified atom stereocenters. The van der Waals surface area contributed by atoms with Crippen LogP contribution in [0.25, 0.3) is 0 Å². The molecule has 0 saturated heterocycles. The van der Waals surface area contributed by atoms with Crippen LogP contribution in [0.4, 0.5) is 0 Å². The predicted molar refractivity (Wildman–Crippen MR) is 84.1 cm³/mol. The van der Waals surface area contributed by atoms with Crippen LogP contribution in [0.15, 0.2) is 24.3 Å².